The molecule has 0 saturated carbocycles. The predicted molar refractivity (Wildman–Crippen MR) is 131 cm³/mol. The van der Waals surface area contributed by atoms with E-state index >= 15 is 0 Å². The third-order valence-corrected chi connectivity index (χ3v) is 7.55. The van der Waals surface area contributed by atoms with Crippen molar-refractivity contribution < 1.29 is 19.1 Å². The number of fused-ring (bicyclic) bond motifs is 1. The van der Waals surface area contributed by atoms with Crippen LogP contribution in [0.3, 0.4) is 0 Å². The Bertz CT molecular complexity index is 910. The van der Waals surface area contributed by atoms with Gasteiger partial charge in [0.25, 0.3) is 5.91 Å². The lowest BCUT2D eigenvalue weighted by Crippen LogP contribution is -2.42. The van der Waals surface area contributed by atoms with E-state index in [0.717, 1.165) is 30.8 Å². The number of ether oxygens (including phenoxy) is 1. The molecule has 10 heteroatoms. The van der Waals surface area contributed by atoms with Gasteiger partial charge in [-0.05, 0) is 32.7 Å². The molecular weight excluding hydrogens is 448 g/mol. The van der Waals surface area contributed by atoms with Crippen LogP contribution in [-0.4, -0.2) is 101 Å². The molecule has 10 nitrogen and oxygen atoms in total. The maximum absolute atomic E-state index is 13.1. The summed E-state index contributed by atoms with van der Waals surface area (Å²) in [6.45, 7) is 8.19. The number of amides is 3. The second-order valence-electron chi connectivity index (χ2n) is 9.95. The molecule has 3 aliphatic rings. The molecule has 1 aromatic rings. The number of nitrogens with one attached hydrogen (secondary N) is 1. The molecule has 2 saturated heterocycles. The highest BCUT2D eigenvalue weighted by atomic mass is 16.5. The highest BCUT2D eigenvalue weighted by Crippen LogP contribution is 2.24. The molecule has 0 aliphatic carbocycles. The smallest absolute Gasteiger partial charge is 0.274 e. The van der Waals surface area contributed by atoms with E-state index < -0.39 is 0 Å². The number of rotatable bonds is 8. The fraction of sp³-hybridized carbons (Fsp3) is 0.760. The van der Waals surface area contributed by atoms with Gasteiger partial charge in [-0.2, -0.15) is 5.10 Å². The number of aryl methyl sites for hydroxylation is 1. The van der Waals surface area contributed by atoms with Crippen LogP contribution in [0.5, 0.6) is 0 Å². The summed E-state index contributed by atoms with van der Waals surface area (Å²) in [4.78, 5) is 44.2. The molecule has 1 aromatic heterocycles. The maximum Gasteiger partial charge on any atom is 0.274 e. The largest absolute Gasteiger partial charge is 0.378 e. The van der Waals surface area contributed by atoms with Gasteiger partial charge in [-0.25, -0.2) is 0 Å². The minimum absolute atomic E-state index is 0.0541. The summed E-state index contributed by atoms with van der Waals surface area (Å²) < 4.78 is 7.12. The molecule has 3 amide bonds. The number of hydrogen-bond donors (Lipinski definition) is 1. The molecule has 4 rings (SSSR count). The number of hydrogen-bond acceptors (Lipinski definition) is 6. The van der Waals surface area contributed by atoms with Crippen LogP contribution in [0.4, 0.5) is 0 Å². The van der Waals surface area contributed by atoms with E-state index in [4.69, 9.17) is 4.74 Å². The van der Waals surface area contributed by atoms with Crippen molar-refractivity contribution in [3.63, 3.8) is 0 Å². The Kier molecular flexibility index (Phi) is 8.78. The van der Waals surface area contributed by atoms with E-state index in [1.165, 1.54) is 19.3 Å². The zero-order chi connectivity index (χ0) is 24.8. The molecule has 35 heavy (non-hydrogen) atoms. The van der Waals surface area contributed by atoms with E-state index in [0.29, 0.717) is 64.1 Å². The number of aromatic nitrogens is 2. The predicted octanol–water partition coefficient (Wildman–Crippen LogP) is 0.938. The minimum atomic E-state index is -0.0993. The standard InChI is InChI=1S/C25H40N6O4/c1-19-6-3-4-11-29(19)12-5-10-26-22(32)7-8-23(33)31-13-9-21-20(18-31)24(27-28(21)2)25(34)30-14-16-35-17-15-30/h19H,3-18H2,1-2H3,(H,26,32)/t19-/m0/s1. The molecule has 0 aromatic carbocycles. The van der Waals surface area contributed by atoms with Gasteiger partial charge < -0.3 is 24.8 Å². The summed E-state index contributed by atoms with van der Waals surface area (Å²) in [5.41, 5.74) is 2.27. The van der Waals surface area contributed by atoms with Gasteiger partial charge in [-0.1, -0.05) is 6.42 Å². The second kappa shape index (κ2) is 12.0. The number of piperidine rings is 1. The first kappa shape index (κ1) is 25.6. The Hall–Kier alpha value is -2.46. The van der Waals surface area contributed by atoms with Crippen molar-refractivity contribution in [2.75, 3.05) is 52.5 Å². The maximum atomic E-state index is 13.1. The molecule has 0 spiro atoms. The normalized spacial score (nSPS) is 21.0. The summed E-state index contributed by atoms with van der Waals surface area (Å²) in [5.74, 6) is -0.230. The van der Waals surface area contributed by atoms with E-state index in [-0.39, 0.29) is 30.6 Å². The van der Waals surface area contributed by atoms with Gasteiger partial charge in [0.2, 0.25) is 11.8 Å². The van der Waals surface area contributed by atoms with Crippen molar-refractivity contribution in [1.29, 1.82) is 0 Å². The van der Waals surface area contributed by atoms with Gasteiger partial charge in [0, 0.05) is 82.9 Å². The minimum Gasteiger partial charge on any atom is -0.378 e. The molecule has 1 N–H and O–H groups in total. The van der Waals surface area contributed by atoms with Crippen LogP contribution in [0.15, 0.2) is 0 Å². The van der Waals surface area contributed by atoms with Crippen molar-refractivity contribution in [3.8, 4) is 0 Å². The van der Waals surface area contributed by atoms with Crippen molar-refractivity contribution in [3.05, 3.63) is 17.0 Å². The van der Waals surface area contributed by atoms with Gasteiger partial charge >= 0.3 is 0 Å². The number of nitrogens with zero attached hydrogens (tertiary/aromatic N) is 5. The van der Waals surface area contributed by atoms with Crippen LogP contribution in [0.25, 0.3) is 0 Å². The fourth-order valence-electron chi connectivity index (χ4n) is 5.36. The molecule has 4 heterocycles. The fourth-order valence-corrected chi connectivity index (χ4v) is 5.36. The van der Waals surface area contributed by atoms with Crippen LogP contribution >= 0.6 is 0 Å². The first-order chi connectivity index (χ1) is 16.9. The monoisotopic (exact) mass is 488 g/mol. The second-order valence-corrected chi connectivity index (χ2v) is 9.95. The highest BCUT2D eigenvalue weighted by Gasteiger charge is 2.31. The van der Waals surface area contributed by atoms with E-state index in [9.17, 15) is 14.4 Å². The lowest BCUT2D eigenvalue weighted by Gasteiger charge is -2.33. The lowest BCUT2D eigenvalue weighted by molar-refractivity contribution is -0.134. The van der Waals surface area contributed by atoms with Crippen molar-refractivity contribution in [1.82, 2.24) is 29.8 Å². The Morgan fingerprint density at radius 3 is 2.63 bits per heavy atom. The van der Waals surface area contributed by atoms with Crippen molar-refractivity contribution >= 4 is 17.7 Å². The molecule has 1 atom stereocenters. The Labute approximate surface area is 207 Å². The summed E-state index contributed by atoms with van der Waals surface area (Å²) in [7, 11) is 1.85. The number of likely N-dealkylation sites (tertiary alicyclic amines) is 1. The van der Waals surface area contributed by atoms with Crippen LogP contribution in [0.1, 0.15) is 67.2 Å². The first-order valence-electron chi connectivity index (χ1n) is 13.1. The molecule has 0 bridgehead atoms. The quantitative estimate of drug-likeness (QED) is 0.547. The van der Waals surface area contributed by atoms with Gasteiger partial charge in [-0.3, -0.25) is 19.1 Å². The van der Waals surface area contributed by atoms with Crippen molar-refractivity contribution in [2.45, 2.75) is 64.5 Å². The van der Waals surface area contributed by atoms with Crippen molar-refractivity contribution in [2.24, 2.45) is 7.05 Å². The third-order valence-electron chi connectivity index (χ3n) is 7.55. The lowest BCUT2D eigenvalue weighted by atomic mass is 10.0. The Morgan fingerprint density at radius 1 is 1.06 bits per heavy atom. The van der Waals surface area contributed by atoms with Crippen LogP contribution in [-0.2, 0) is 34.3 Å². The van der Waals surface area contributed by atoms with Gasteiger partial charge in [0.1, 0.15) is 0 Å². The number of morpholine rings is 1. The van der Waals surface area contributed by atoms with Gasteiger partial charge in [0.05, 0.1) is 13.2 Å². The Balaban J connectivity index is 1.22. The van der Waals surface area contributed by atoms with E-state index in [1.54, 1.807) is 14.5 Å². The van der Waals surface area contributed by atoms with Gasteiger partial charge in [0.15, 0.2) is 5.69 Å². The molecule has 2 fully saturated rings. The summed E-state index contributed by atoms with van der Waals surface area (Å²) >= 11 is 0. The molecule has 0 unspecified atom stereocenters. The zero-order valence-corrected chi connectivity index (χ0v) is 21.3. The van der Waals surface area contributed by atoms with Gasteiger partial charge in [-0.15, -0.1) is 0 Å². The summed E-state index contributed by atoms with van der Waals surface area (Å²) in [5, 5.41) is 7.46. The first-order valence-corrected chi connectivity index (χ1v) is 13.1. The average Bonchev–Trinajstić information content (AvgIpc) is 3.21. The van der Waals surface area contributed by atoms with E-state index in [2.05, 4.69) is 22.2 Å². The third kappa shape index (κ3) is 6.41. The highest BCUT2D eigenvalue weighted by molar-refractivity contribution is 5.94. The Morgan fingerprint density at radius 2 is 1.86 bits per heavy atom. The topological polar surface area (TPSA) is 100 Å². The number of carbonyl (C=O) groups is 3. The van der Waals surface area contributed by atoms with Crippen LogP contribution in [0.2, 0.25) is 0 Å². The molecular formula is C25H40N6O4. The molecule has 3 aliphatic heterocycles. The summed E-state index contributed by atoms with van der Waals surface area (Å²) in [6.07, 6.45) is 5.79. The zero-order valence-electron chi connectivity index (χ0n) is 21.3. The summed E-state index contributed by atoms with van der Waals surface area (Å²) in [6, 6.07) is 0.631. The average molecular weight is 489 g/mol. The van der Waals surface area contributed by atoms with E-state index in [1.807, 2.05) is 7.05 Å². The van der Waals surface area contributed by atoms with Crippen LogP contribution < -0.4 is 5.32 Å². The SMILES string of the molecule is C[C@H]1CCCCN1CCCNC(=O)CCC(=O)N1CCc2c(c(C(=O)N3CCOCC3)nn2C)C1. The van der Waals surface area contributed by atoms with Crippen LogP contribution in [0, 0.1) is 0 Å². The molecule has 194 valence electrons. The molecule has 0 radical (unpaired) electrons. The number of carbonyl (C=O) groups excluding carboxylic acids is 3.